The molecule has 0 atom stereocenters. The molecule has 0 radical (unpaired) electrons. The van der Waals surface area contributed by atoms with Crippen molar-refractivity contribution in [1.29, 1.82) is 0 Å². The van der Waals surface area contributed by atoms with Gasteiger partial charge in [0.1, 0.15) is 17.0 Å². The number of nitrogens with two attached hydrogens (primary N) is 1. The lowest BCUT2D eigenvalue weighted by Crippen LogP contribution is -2.03. The number of hydrogen-bond donors (Lipinski definition) is 1. The summed E-state index contributed by atoms with van der Waals surface area (Å²) in [6.45, 7) is 2.66. The van der Waals surface area contributed by atoms with E-state index in [-0.39, 0.29) is 0 Å². The van der Waals surface area contributed by atoms with Crippen LogP contribution in [-0.2, 0) is 0 Å². The Kier molecular flexibility index (Phi) is 4.22. The highest BCUT2D eigenvalue weighted by Crippen LogP contribution is 2.35. The Balaban J connectivity index is 2.17. The number of ether oxygens (including phenoxy) is 1. The third-order valence-corrected chi connectivity index (χ3v) is 4.00. The van der Waals surface area contributed by atoms with Gasteiger partial charge in [-0.3, -0.25) is 0 Å². The molecule has 2 N–H and O–H groups in total. The standard InChI is InChI=1S/C11H13N3OS2/c1-2-5-15-10-9(12)11(14-7-13-10)17-8-4-3-6-16-8/h3-4,6-7H,2,5,12H2,1H3. The van der Waals surface area contributed by atoms with E-state index in [0.29, 0.717) is 18.2 Å². The zero-order valence-electron chi connectivity index (χ0n) is 9.42. The number of anilines is 1. The number of aromatic nitrogens is 2. The summed E-state index contributed by atoms with van der Waals surface area (Å²) in [6.07, 6.45) is 2.41. The summed E-state index contributed by atoms with van der Waals surface area (Å²) in [5.41, 5.74) is 6.49. The molecule has 2 heterocycles. The zero-order valence-corrected chi connectivity index (χ0v) is 11.1. The molecule has 0 saturated heterocycles. The van der Waals surface area contributed by atoms with E-state index in [9.17, 15) is 0 Å². The number of rotatable bonds is 5. The van der Waals surface area contributed by atoms with Crippen LogP contribution >= 0.6 is 23.1 Å². The molecule has 0 aromatic carbocycles. The Morgan fingerprint density at radius 3 is 3.06 bits per heavy atom. The predicted molar refractivity (Wildman–Crippen MR) is 70.7 cm³/mol. The van der Waals surface area contributed by atoms with E-state index in [0.717, 1.165) is 15.7 Å². The van der Waals surface area contributed by atoms with E-state index in [2.05, 4.69) is 9.97 Å². The van der Waals surface area contributed by atoms with Crippen LogP contribution in [0, 0.1) is 0 Å². The van der Waals surface area contributed by atoms with Crippen LogP contribution in [0.25, 0.3) is 0 Å². The van der Waals surface area contributed by atoms with Crippen molar-refractivity contribution in [3.05, 3.63) is 23.8 Å². The molecule has 2 rings (SSSR count). The van der Waals surface area contributed by atoms with Gasteiger partial charge < -0.3 is 10.5 Å². The topological polar surface area (TPSA) is 61.0 Å². The summed E-state index contributed by atoms with van der Waals surface area (Å²) in [7, 11) is 0. The van der Waals surface area contributed by atoms with Gasteiger partial charge in [0.05, 0.1) is 10.8 Å². The first kappa shape index (κ1) is 12.2. The van der Waals surface area contributed by atoms with Crippen molar-refractivity contribution >= 4 is 28.8 Å². The van der Waals surface area contributed by atoms with Crippen molar-refractivity contribution in [2.24, 2.45) is 0 Å². The van der Waals surface area contributed by atoms with Gasteiger partial charge in [0.2, 0.25) is 5.88 Å². The molecule has 2 aromatic heterocycles. The van der Waals surface area contributed by atoms with Crippen LogP contribution in [0.15, 0.2) is 33.1 Å². The molecular formula is C11H13N3OS2. The Labute approximate surface area is 108 Å². The lowest BCUT2D eigenvalue weighted by molar-refractivity contribution is 0.305. The van der Waals surface area contributed by atoms with Gasteiger partial charge in [-0.15, -0.1) is 11.3 Å². The van der Waals surface area contributed by atoms with Crippen LogP contribution in [0.4, 0.5) is 5.69 Å². The van der Waals surface area contributed by atoms with Crippen molar-refractivity contribution in [3.8, 4) is 5.88 Å². The van der Waals surface area contributed by atoms with E-state index < -0.39 is 0 Å². The molecule has 0 spiro atoms. The lowest BCUT2D eigenvalue weighted by atomic mass is 10.5. The fraction of sp³-hybridized carbons (Fsp3) is 0.273. The Bertz CT molecular complexity index is 474. The van der Waals surface area contributed by atoms with Crippen LogP contribution in [0.3, 0.4) is 0 Å². The van der Waals surface area contributed by atoms with Gasteiger partial charge in [0.25, 0.3) is 0 Å². The summed E-state index contributed by atoms with van der Waals surface area (Å²) < 4.78 is 6.61. The van der Waals surface area contributed by atoms with Crippen LogP contribution in [-0.4, -0.2) is 16.6 Å². The summed E-state index contributed by atoms with van der Waals surface area (Å²) >= 11 is 3.19. The molecule has 4 nitrogen and oxygen atoms in total. The maximum absolute atomic E-state index is 5.97. The zero-order chi connectivity index (χ0) is 12.1. The molecule has 0 unspecified atom stereocenters. The van der Waals surface area contributed by atoms with E-state index in [1.54, 1.807) is 11.3 Å². The van der Waals surface area contributed by atoms with Crippen molar-refractivity contribution < 1.29 is 4.74 Å². The Hall–Kier alpha value is -1.27. The second-order valence-electron chi connectivity index (χ2n) is 3.28. The van der Waals surface area contributed by atoms with E-state index >= 15 is 0 Å². The van der Waals surface area contributed by atoms with Crippen molar-refractivity contribution in [2.45, 2.75) is 22.6 Å². The van der Waals surface area contributed by atoms with Crippen LogP contribution in [0.1, 0.15) is 13.3 Å². The number of hydrogen-bond acceptors (Lipinski definition) is 6. The normalized spacial score (nSPS) is 10.4. The molecule has 17 heavy (non-hydrogen) atoms. The van der Waals surface area contributed by atoms with Gasteiger partial charge >= 0.3 is 0 Å². The van der Waals surface area contributed by atoms with Crippen molar-refractivity contribution in [1.82, 2.24) is 9.97 Å². The molecule has 2 aromatic rings. The number of nitrogen functional groups attached to an aromatic ring is 1. The summed E-state index contributed by atoms with van der Waals surface area (Å²) in [5, 5.41) is 2.77. The SMILES string of the molecule is CCCOc1ncnc(Sc2cccs2)c1N. The van der Waals surface area contributed by atoms with Gasteiger partial charge in [-0.2, -0.15) is 4.98 Å². The highest BCUT2D eigenvalue weighted by Gasteiger charge is 2.10. The fourth-order valence-corrected chi connectivity index (χ4v) is 2.85. The average Bonchev–Trinajstić information content (AvgIpc) is 2.83. The minimum atomic E-state index is 0.473. The molecule has 90 valence electrons. The maximum Gasteiger partial charge on any atom is 0.241 e. The minimum absolute atomic E-state index is 0.473. The van der Waals surface area contributed by atoms with Gasteiger partial charge in [-0.25, -0.2) is 4.98 Å². The first-order valence-electron chi connectivity index (χ1n) is 5.26. The third-order valence-electron chi connectivity index (χ3n) is 1.95. The third kappa shape index (κ3) is 3.10. The molecule has 0 amide bonds. The van der Waals surface area contributed by atoms with E-state index in [1.807, 2.05) is 24.4 Å². The predicted octanol–water partition coefficient (Wildman–Crippen LogP) is 3.06. The fourth-order valence-electron chi connectivity index (χ4n) is 1.18. The monoisotopic (exact) mass is 267 g/mol. The van der Waals surface area contributed by atoms with Crippen LogP contribution < -0.4 is 10.5 Å². The quantitative estimate of drug-likeness (QED) is 0.844. The average molecular weight is 267 g/mol. The smallest absolute Gasteiger partial charge is 0.241 e. The largest absolute Gasteiger partial charge is 0.476 e. The summed E-state index contributed by atoms with van der Waals surface area (Å²) in [6, 6.07) is 4.03. The van der Waals surface area contributed by atoms with Gasteiger partial charge in [0.15, 0.2) is 0 Å². The highest BCUT2D eigenvalue weighted by atomic mass is 32.2. The van der Waals surface area contributed by atoms with Crippen molar-refractivity contribution in [3.63, 3.8) is 0 Å². The van der Waals surface area contributed by atoms with E-state index in [1.165, 1.54) is 18.1 Å². The number of thiophene rings is 1. The molecule has 0 fully saturated rings. The Morgan fingerprint density at radius 1 is 1.47 bits per heavy atom. The molecule has 6 heteroatoms. The number of nitrogens with zero attached hydrogens (tertiary/aromatic N) is 2. The molecule has 0 bridgehead atoms. The molecule has 0 aliphatic heterocycles. The van der Waals surface area contributed by atoms with Gasteiger partial charge in [0, 0.05) is 0 Å². The molecular weight excluding hydrogens is 254 g/mol. The summed E-state index contributed by atoms with van der Waals surface area (Å²) in [4.78, 5) is 8.21. The van der Waals surface area contributed by atoms with Gasteiger partial charge in [-0.05, 0) is 17.9 Å². The Morgan fingerprint density at radius 2 is 2.35 bits per heavy atom. The van der Waals surface area contributed by atoms with Crippen LogP contribution in [0.2, 0.25) is 0 Å². The molecule has 0 aliphatic carbocycles. The second kappa shape index (κ2) is 5.88. The highest BCUT2D eigenvalue weighted by molar-refractivity contribution is 8.01. The first-order chi connectivity index (χ1) is 8.31. The van der Waals surface area contributed by atoms with E-state index in [4.69, 9.17) is 10.5 Å². The summed E-state index contributed by atoms with van der Waals surface area (Å²) in [5.74, 6) is 0.473. The molecule has 0 saturated carbocycles. The maximum atomic E-state index is 5.97. The lowest BCUT2D eigenvalue weighted by Gasteiger charge is -2.08. The van der Waals surface area contributed by atoms with Crippen LogP contribution in [0.5, 0.6) is 5.88 Å². The minimum Gasteiger partial charge on any atom is -0.476 e. The second-order valence-corrected chi connectivity index (χ2v) is 5.52. The van der Waals surface area contributed by atoms with Crippen molar-refractivity contribution in [2.75, 3.05) is 12.3 Å². The first-order valence-corrected chi connectivity index (χ1v) is 6.95. The van der Waals surface area contributed by atoms with Gasteiger partial charge in [-0.1, -0.05) is 24.8 Å². The molecule has 0 aliphatic rings.